The first-order valence-electron chi connectivity index (χ1n) is 9.10. The Balaban J connectivity index is 1.65. The lowest BCUT2D eigenvalue weighted by molar-refractivity contribution is 0.0409. The van der Waals surface area contributed by atoms with Crippen LogP contribution in [0.25, 0.3) is 11.0 Å². The van der Waals surface area contributed by atoms with Crippen LogP contribution in [0.4, 0.5) is 0 Å². The van der Waals surface area contributed by atoms with Gasteiger partial charge in [-0.1, -0.05) is 23.7 Å². The molecule has 1 aliphatic heterocycles. The maximum Gasteiger partial charge on any atom is 0.264 e. The van der Waals surface area contributed by atoms with E-state index in [0.717, 1.165) is 13.1 Å². The molecule has 1 fully saturated rings. The molecule has 28 heavy (non-hydrogen) atoms. The molecule has 1 atom stereocenters. The number of imidazole rings is 1. The normalized spacial score (nSPS) is 16.3. The maximum absolute atomic E-state index is 13.2. The number of halogens is 1. The smallest absolute Gasteiger partial charge is 0.264 e. The van der Waals surface area contributed by atoms with Crippen LogP contribution in [0, 0.1) is 0 Å². The molecule has 2 heterocycles. The lowest BCUT2D eigenvalue weighted by atomic mass is 10.2. The summed E-state index contributed by atoms with van der Waals surface area (Å²) in [7, 11) is -1.41. The van der Waals surface area contributed by atoms with Gasteiger partial charge in [-0.15, -0.1) is 0 Å². The molecular weight excluding hydrogens is 398 g/mol. The molecule has 0 bridgehead atoms. The van der Waals surface area contributed by atoms with E-state index in [2.05, 4.69) is 9.88 Å². The summed E-state index contributed by atoms with van der Waals surface area (Å²) in [6.45, 7) is 3.73. The summed E-state index contributed by atoms with van der Waals surface area (Å²) in [4.78, 5) is 19.9. The van der Waals surface area contributed by atoms with Crippen molar-refractivity contribution in [3.63, 3.8) is 0 Å². The monoisotopic (exact) mass is 417 g/mol. The first kappa shape index (κ1) is 19.3. The van der Waals surface area contributed by atoms with Crippen LogP contribution in [0.15, 0.2) is 53.7 Å². The average molecular weight is 418 g/mol. The minimum atomic E-state index is -1.41. The Bertz CT molecular complexity index is 1010. The van der Waals surface area contributed by atoms with Crippen LogP contribution in [0.5, 0.6) is 0 Å². The van der Waals surface area contributed by atoms with E-state index in [1.807, 2.05) is 24.3 Å². The Morgan fingerprint density at radius 3 is 2.57 bits per heavy atom. The van der Waals surface area contributed by atoms with Gasteiger partial charge in [-0.3, -0.25) is 18.5 Å². The summed E-state index contributed by atoms with van der Waals surface area (Å²) in [5.41, 5.74) is 1.77. The van der Waals surface area contributed by atoms with E-state index in [9.17, 15) is 9.00 Å². The number of morpholine rings is 1. The Morgan fingerprint density at radius 2 is 1.82 bits per heavy atom. The molecular formula is C20H20ClN3O3S. The fourth-order valence-corrected chi connectivity index (χ4v) is 4.52. The van der Waals surface area contributed by atoms with Crippen molar-refractivity contribution in [2.75, 3.05) is 38.6 Å². The zero-order valence-corrected chi connectivity index (χ0v) is 16.8. The molecule has 6 nitrogen and oxygen atoms in total. The third-order valence-corrected chi connectivity index (χ3v) is 6.21. The number of aromatic nitrogens is 2. The second kappa shape index (κ2) is 8.53. The lowest BCUT2D eigenvalue weighted by Gasteiger charge is -2.26. The van der Waals surface area contributed by atoms with Crippen LogP contribution in [-0.4, -0.2) is 63.2 Å². The van der Waals surface area contributed by atoms with E-state index in [4.69, 9.17) is 16.3 Å². The van der Waals surface area contributed by atoms with Crippen molar-refractivity contribution in [2.45, 2.75) is 5.16 Å². The number of para-hydroxylation sites is 2. The predicted molar refractivity (Wildman–Crippen MR) is 109 cm³/mol. The van der Waals surface area contributed by atoms with E-state index < -0.39 is 10.8 Å². The number of fused-ring (bicyclic) bond motifs is 1. The number of nitrogens with zero attached hydrogens (tertiary/aromatic N) is 3. The molecule has 0 unspecified atom stereocenters. The first-order valence-corrected chi connectivity index (χ1v) is 10.8. The van der Waals surface area contributed by atoms with Crippen LogP contribution in [0.1, 0.15) is 10.4 Å². The van der Waals surface area contributed by atoms with Crippen molar-refractivity contribution in [3.05, 3.63) is 59.1 Å². The largest absolute Gasteiger partial charge is 0.379 e. The molecule has 4 rings (SSSR count). The second-order valence-corrected chi connectivity index (χ2v) is 8.44. The molecule has 8 heteroatoms. The maximum atomic E-state index is 13.2. The topological polar surface area (TPSA) is 64.4 Å². The summed E-state index contributed by atoms with van der Waals surface area (Å²) in [6.07, 6.45) is 0. The molecule has 0 spiro atoms. The molecule has 2 aromatic carbocycles. The molecule has 1 saturated heterocycles. The van der Waals surface area contributed by atoms with Gasteiger partial charge >= 0.3 is 0 Å². The van der Waals surface area contributed by atoms with Crippen molar-refractivity contribution in [1.29, 1.82) is 0 Å². The average Bonchev–Trinajstić information content (AvgIpc) is 3.12. The number of hydrogen-bond donors (Lipinski definition) is 0. The van der Waals surface area contributed by atoms with E-state index in [1.54, 1.807) is 24.3 Å². The van der Waals surface area contributed by atoms with E-state index in [-0.39, 0.29) is 11.1 Å². The van der Waals surface area contributed by atoms with Gasteiger partial charge in [-0.05, 0) is 36.4 Å². The van der Waals surface area contributed by atoms with Gasteiger partial charge in [0.05, 0.1) is 35.0 Å². The van der Waals surface area contributed by atoms with Crippen LogP contribution >= 0.6 is 11.6 Å². The highest BCUT2D eigenvalue weighted by atomic mass is 35.5. The zero-order chi connectivity index (χ0) is 19.5. The summed E-state index contributed by atoms with van der Waals surface area (Å²) in [6, 6.07) is 14.0. The quantitative estimate of drug-likeness (QED) is 0.638. The summed E-state index contributed by atoms with van der Waals surface area (Å²) in [5, 5.41) is 0.843. The zero-order valence-electron chi connectivity index (χ0n) is 15.2. The number of rotatable bonds is 5. The van der Waals surface area contributed by atoms with Gasteiger partial charge in [-0.2, -0.15) is 0 Å². The lowest BCUT2D eigenvalue weighted by Crippen LogP contribution is -2.38. The van der Waals surface area contributed by atoms with Crippen molar-refractivity contribution in [1.82, 2.24) is 14.5 Å². The van der Waals surface area contributed by atoms with Gasteiger partial charge in [0.25, 0.3) is 5.91 Å². The Kier molecular flexibility index (Phi) is 5.87. The van der Waals surface area contributed by atoms with E-state index in [1.165, 1.54) is 4.57 Å². The van der Waals surface area contributed by atoms with Crippen LogP contribution in [-0.2, 0) is 15.5 Å². The Morgan fingerprint density at radius 1 is 1.11 bits per heavy atom. The minimum Gasteiger partial charge on any atom is -0.379 e. The molecule has 1 aromatic heterocycles. The molecule has 146 valence electrons. The number of hydrogen-bond acceptors (Lipinski definition) is 5. The number of ether oxygens (including phenoxy) is 1. The Labute approximate surface area is 170 Å². The molecule has 0 N–H and O–H groups in total. The van der Waals surface area contributed by atoms with Crippen molar-refractivity contribution in [3.8, 4) is 0 Å². The standard InChI is InChI=1S/C20H20ClN3O3S/c21-16-7-5-15(6-8-16)19(25)24-18-4-2-1-3-17(18)22-20(24)28(26)14-11-23-9-12-27-13-10-23/h1-8H,9-14H2/t28-/m0/s1. The fourth-order valence-electron chi connectivity index (χ4n) is 3.20. The van der Waals surface area contributed by atoms with E-state index >= 15 is 0 Å². The molecule has 0 amide bonds. The highest BCUT2D eigenvalue weighted by molar-refractivity contribution is 7.84. The van der Waals surface area contributed by atoms with Gasteiger partial charge < -0.3 is 4.74 Å². The van der Waals surface area contributed by atoms with Gasteiger partial charge in [0, 0.05) is 36.0 Å². The number of carbonyl (C=O) groups excluding carboxylic acids is 1. The van der Waals surface area contributed by atoms with Gasteiger partial charge in [0.1, 0.15) is 0 Å². The predicted octanol–water partition coefficient (Wildman–Crippen LogP) is 2.82. The van der Waals surface area contributed by atoms with Crippen LogP contribution in [0.2, 0.25) is 5.02 Å². The molecule has 3 aromatic rings. The summed E-state index contributed by atoms with van der Waals surface area (Å²) in [5.74, 6) is 0.150. The molecule has 1 aliphatic rings. The fraction of sp³-hybridized carbons (Fsp3) is 0.300. The third kappa shape index (κ3) is 4.03. The first-order chi connectivity index (χ1) is 13.6. The molecule has 0 saturated carbocycles. The number of benzene rings is 2. The summed E-state index contributed by atoms with van der Waals surface area (Å²) < 4.78 is 19.9. The van der Waals surface area contributed by atoms with Crippen molar-refractivity contribution >= 4 is 39.3 Å². The van der Waals surface area contributed by atoms with E-state index in [0.29, 0.717) is 47.1 Å². The van der Waals surface area contributed by atoms with Gasteiger partial charge in [0.15, 0.2) is 0 Å². The minimum absolute atomic E-state index is 0.264. The van der Waals surface area contributed by atoms with Gasteiger partial charge in [0.2, 0.25) is 5.16 Å². The van der Waals surface area contributed by atoms with Crippen molar-refractivity contribution in [2.24, 2.45) is 0 Å². The highest BCUT2D eigenvalue weighted by Gasteiger charge is 2.23. The summed E-state index contributed by atoms with van der Waals surface area (Å²) >= 11 is 5.94. The van der Waals surface area contributed by atoms with Gasteiger partial charge in [-0.25, -0.2) is 4.98 Å². The number of carbonyl (C=O) groups is 1. The third-order valence-electron chi connectivity index (χ3n) is 4.72. The van der Waals surface area contributed by atoms with Crippen LogP contribution < -0.4 is 0 Å². The molecule has 0 aliphatic carbocycles. The highest BCUT2D eigenvalue weighted by Crippen LogP contribution is 2.21. The molecule has 0 radical (unpaired) electrons. The SMILES string of the molecule is O=C(c1ccc(Cl)cc1)n1c([S@@](=O)CCN2CCOCC2)nc2ccccc21. The van der Waals surface area contributed by atoms with Crippen molar-refractivity contribution < 1.29 is 13.7 Å². The second-order valence-electron chi connectivity index (χ2n) is 6.53. The van der Waals surface area contributed by atoms with Crippen LogP contribution in [0.3, 0.4) is 0 Å². The Hall–Kier alpha value is -2.06.